The summed E-state index contributed by atoms with van der Waals surface area (Å²) in [5.74, 6) is 0.181. The molecule has 0 aliphatic rings. The highest BCUT2D eigenvalue weighted by molar-refractivity contribution is 5.95. The highest BCUT2D eigenvalue weighted by Gasteiger charge is 2.15. The molecule has 0 aliphatic heterocycles. The highest BCUT2D eigenvalue weighted by atomic mass is 15.3. The zero-order valence-corrected chi connectivity index (χ0v) is 15.6. The third kappa shape index (κ3) is 6.67. The van der Waals surface area contributed by atoms with Gasteiger partial charge in [0.1, 0.15) is 0 Å². The highest BCUT2D eigenvalue weighted by Crippen LogP contribution is 2.18. The van der Waals surface area contributed by atoms with Crippen molar-refractivity contribution in [3.8, 4) is 0 Å². The molecule has 0 heterocycles. The average molecular weight is 360 g/mol. The third-order valence-electron chi connectivity index (χ3n) is 3.19. The van der Waals surface area contributed by atoms with Crippen LogP contribution in [0.3, 0.4) is 0 Å². The third-order valence-corrected chi connectivity index (χ3v) is 3.19. The molecule has 0 saturated heterocycles. The van der Waals surface area contributed by atoms with Gasteiger partial charge in [-0.3, -0.25) is 0 Å². The number of hydrogen-bond donors (Lipinski definition) is 5. The smallest absolute Gasteiger partial charge is 0.223 e. The van der Waals surface area contributed by atoms with E-state index in [1.807, 2.05) is 32.6 Å². The Balaban J connectivity index is 2.96. The number of nitrogens with zero attached hydrogens (tertiary/aromatic N) is 5. The van der Waals surface area contributed by atoms with E-state index >= 15 is 0 Å². The van der Waals surface area contributed by atoms with Gasteiger partial charge in [-0.05, 0) is 52.0 Å². The first-order valence-corrected chi connectivity index (χ1v) is 8.10. The van der Waals surface area contributed by atoms with Crippen LogP contribution >= 0.6 is 0 Å². The SMILES string of the molecule is CC(C)N(C(N)=NC(N)=Nc1ccc(N=C(N)N=C(N)N)cc1)C(C)C. The predicted octanol–water partition coefficient (Wildman–Crippen LogP) is 0.286. The lowest BCUT2D eigenvalue weighted by atomic mass is 10.2. The number of hydrogen-bond acceptors (Lipinski definition) is 2. The first-order valence-electron chi connectivity index (χ1n) is 8.10. The Hall–Kier alpha value is -3.30. The average Bonchev–Trinajstić information content (AvgIpc) is 2.47. The fraction of sp³-hybridized carbons (Fsp3) is 0.375. The van der Waals surface area contributed by atoms with Crippen LogP contribution in [0, 0.1) is 0 Å². The molecule has 0 fully saturated rings. The minimum atomic E-state index is -0.160. The van der Waals surface area contributed by atoms with E-state index in [2.05, 4.69) is 20.0 Å². The van der Waals surface area contributed by atoms with Gasteiger partial charge in [-0.15, -0.1) is 0 Å². The molecule has 1 rings (SSSR count). The second-order valence-electron chi connectivity index (χ2n) is 6.06. The van der Waals surface area contributed by atoms with Gasteiger partial charge in [0.15, 0.2) is 11.9 Å². The maximum absolute atomic E-state index is 6.04. The van der Waals surface area contributed by atoms with Crippen molar-refractivity contribution < 1.29 is 0 Å². The molecule has 10 heteroatoms. The fourth-order valence-corrected chi connectivity index (χ4v) is 2.35. The molecular weight excluding hydrogens is 332 g/mol. The van der Waals surface area contributed by atoms with E-state index in [1.165, 1.54) is 0 Å². The van der Waals surface area contributed by atoms with Crippen molar-refractivity contribution in [2.45, 2.75) is 39.8 Å². The first-order chi connectivity index (χ1) is 12.1. The van der Waals surface area contributed by atoms with Gasteiger partial charge in [0, 0.05) is 12.1 Å². The topological polar surface area (TPSA) is 183 Å². The normalized spacial score (nSPS) is 13.2. The molecule has 142 valence electrons. The van der Waals surface area contributed by atoms with Crippen molar-refractivity contribution in [3.63, 3.8) is 0 Å². The fourth-order valence-electron chi connectivity index (χ4n) is 2.35. The van der Waals surface area contributed by atoms with Crippen molar-refractivity contribution in [1.29, 1.82) is 0 Å². The van der Waals surface area contributed by atoms with Crippen LogP contribution < -0.4 is 28.7 Å². The Labute approximate surface area is 153 Å². The minimum Gasteiger partial charge on any atom is -0.370 e. The van der Waals surface area contributed by atoms with E-state index in [-0.39, 0.29) is 30.0 Å². The Bertz CT molecular complexity index is 701. The molecule has 0 aliphatic carbocycles. The van der Waals surface area contributed by atoms with Crippen LogP contribution in [0.4, 0.5) is 11.4 Å². The molecule has 0 radical (unpaired) electrons. The van der Waals surface area contributed by atoms with Crippen molar-refractivity contribution in [1.82, 2.24) is 4.90 Å². The van der Waals surface area contributed by atoms with E-state index in [0.717, 1.165) is 0 Å². The molecule has 0 saturated carbocycles. The zero-order chi connectivity index (χ0) is 19.9. The maximum atomic E-state index is 6.04. The van der Waals surface area contributed by atoms with Gasteiger partial charge >= 0.3 is 0 Å². The van der Waals surface area contributed by atoms with Crippen molar-refractivity contribution >= 4 is 35.2 Å². The number of benzene rings is 1. The van der Waals surface area contributed by atoms with Crippen molar-refractivity contribution in [3.05, 3.63) is 24.3 Å². The Morgan fingerprint density at radius 1 is 0.731 bits per heavy atom. The standard InChI is InChI=1S/C16H28N10/c1-9(2)26(10(3)4)16(21)25-15(20)23-12-7-5-11(6-8-12)22-14(19)24-13(17)18/h5-10H,1-4H3,(H4,20,21,23,25)(H6,17,18,19,22,24). The first kappa shape index (κ1) is 20.7. The van der Waals surface area contributed by atoms with Gasteiger partial charge in [-0.2, -0.15) is 9.98 Å². The summed E-state index contributed by atoms with van der Waals surface area (Å²) >= 11 is 0. The second kappa shape index (κ2) is 9.25. The molecular formula is C16H28N10. The molecule has 0 amide bonds. The molecule has 0 unspecified atom stereocenters. The summed E-state index contributed by atoms with van der Waals surface area (Å²) in [5.41, 5.74) is 29.1. The lowest BCUT2D eigenvalue weighted by molar-refractivity contribution is 0.289. The van der Waals surface area contributed by atoms with Crippen LogP contribution in [-0.4, -0.2) is 40.8 Å². The molecule has 0 aromatic heterocycles. The number of guanidine groups is 4. The van der Waals surface area contributed by atoms with Crippen LogP contribution in [-0.2, 0) is 0 Å². The summed E-state index contributed by atoms with van der Waals surface area (Å²) in [6.45, 7) is 8.12. The van der Waals surface area contributed by atoms with Crippen LogP contribution in [0.1, 0.15) is 27.7 Å². The number of rotatable bonds is 4. The Morgan fingerprint density at radius 2 is 1.12 bits per heavy atom. The molecule has 10 nitrogen and oxygen atoms in total. The molecule has 0 bridgehead atoms. The largest absolute Gasteiger partial charge is 0.370 e. The minimum absolute atomic E-state index is 0.0411. The summed E-state index contributed by atoms with van der Waals surface area (Å²) in [4.78, 5) is 18.0. The van der Waals surface area contributed by atoms with E-state index in [1.54, 1.807) is 24.3 Å². The van der Waals surface area contributed by atoms with E-state index in [4.69, 9.17) is 28.7 Å². The Morgan fingerprint density at radius 3 is 1.46 bits per heavy atom. The Kier molecular flexibility index (Phi) is 7.38. The molecule has 26 heavy (non-hydrogen) atoms. The lowest BCUT2D eigenvalue weighted by Crippen LogP contribution is -2.47. The zero-order valence-electron chi connectivity index (χ0n) is 15.6. The summed E-state index contributed by atoms with van der Waals surface area (Å²) in [7, 11) is 0. The summed E-state index contributed by atoms with van der Waals surface area (Å²) < 4.78 is 0. The van der Waals surface area contributed by atoms with Gasteiger partial charge in [-0.25, -0.2) is 9.98 Å². The quantitative estimate of drug-likeness (QED) is 0.379. The molecule has 1 aromatic carbocycles. The maximum Gasteiger partial charge on any atom is 0.223 e. The molecule has 1 aromatic rings. The van der Waals surface area contributed by atoms with E-state index < -0.39 is 0 Å². The van der Waals surface area contributed by atoms with Gasteiger partial charge in [0.05, 0.1) is 11.4 Å². The number of nitrogens with two attached hydrogens (primary N) is 5. The molecule has 0 atom stereocenters. The predicted molar refractivity (Wildman–Crippen MR) is 109 cm³/mol. The summed E-state index contributed by atoms with van der Waals surface area (Å²) in [6, 6.07) is 7.20. The van der Waals surface area contributed by atoms with E-state index in [9.17, 15) is 0 Å². The van der Waals surface area contributed by atoms with Gasteiger partial charge < -0.3 is 33.6 Å². The van der Waals surface area contributed by atoms with Gasteiger partial charge in [0.2, 0.25) is 11.9 Å². The van der Waals surface area contributed by atoms with Crippen LogP contribution in [0.25, 0.3) is 0 Å². The summed E-state index contributed by atoms with van der Waals surface area (Å²) in [5, 5.41) is 0. The second-order valence-corrected chi connectivity index (χ2v) is 6.06. The van der Waals surface area contributed by atoms with Gasteiger partial charge in [0.25, 0.3) is 0 Å². The summed E-state index contributed by atoms with van der Waals surface area (Å²) in [6.07, 6.45) is 0. The van der Waals surface area contributed by atoms with Crippen LogP contribution in [0.5, 0.6) is 0 Å². The van der Waals surface area contributed by atoms with Gasteiger partial charge in [-0.1, -0.05) is 0 Å². The van der Waals surface area contributed by atoms with Crippen molar-refractivity contribution in [2.24, 2.45) is 48.6 Å². The lowest BCUT2D eigenvalue weighted by Gasteiger charge is -2.31. The molecule has 0 spiro atoms. The molecule has 10 N–H and O–H groups in total. The van der Waals surface area contributed by atoms with Crippen molar-refractivity contribution in [2.75, 3.05) is 0 Å². The number of aliphatic imine (C=N–C) groups is 4. The van der Waals surface area contributed by atoms with Crippen LogP contribution in [0.15, 0.2) is 44.2 Å². The van der Waals surface area contributed by atoms with Crippen LogP contribution in [0.2, 0.25) is 0 Å². The van der Waals surface area contributed by atoms with E-state index in [0.29, 0.717) is 17.3 Å². The monoisotopic (exact) mass is 360 g/mol.